The number of rotatable bonds is 3. The van der Waals surface area contributed by atoms with Crippen LogP contribution < -0.4 is 0 Å². The number of carbonyl (C=O) groups excluding carboxylic acids is 3. The summed E-state index contributed by atoms with van der Waals surface area (Å²) in [5.41, 5.74) is -2.77. The maximum atomic E-state index is 13.4. The van der Waals surface area contributed by atoms with Gasteiger partial charge in [0.1, 0.15) is 30.7 Å². The van der Waals surface area contributed by atoms with Gasteiger partial charge in [-0.2, -0.15) is 0 Å². The summed E-state index contributed by atoms with van der Waals surface area (Å²) in [5.74, 6) is -10.9. The van der Waals surface area contributed by atoms with Gasteiger partial charge in [0.2, 0.25) is 17.8 Å². The summed E-state index contributed by atoms with van der Waals surface area (Å²) in [4.78, 5) is 39.1. The van der Waals surface area contributed by atoms with E-state index in [1.165, 1.54) is 30.3 Å². The van der Waals surface area contributed by atoms with Gasteiger partial charge in [-0.25, -0.2) is 14.4 Å². The molecule has 0 bridgehead atoms. The topological polar surface area (TPSA) is 270 Å². The van der Waals surface area contributed by atoms with E-state index in [-0.39, 0.29) is 5.75 Å². The largest absolute Gasteiger partial charge is 0.508 e. The Morgan fingerprint density at radius 2 is 1.33 bits per heavy atom. The van der Waals surface area contributed by atoms with Crippen molar-refractivity contribution in [3.05, 3.63) is 59.2 Å². The number of aliphatic hydroxyl groups excluding tert-OH is 2. The number of aromatic hydroxyl groups is 7. The quantitative estimate of drug-likeness (QED) is 0.0835. The highest BCUT2D eigenvalue weighted by Crippen LogP contribution is 2.52. The van der Waals surface area contributed by atoms with E-state index in [0.717, 1.165) is 6.08 Å². The summed E-state index contributed by atoms with van der Waals surface area (Å²) in [5, 5.41) is 92.8. The van der Waals surface area contributed by atoms with Crippen molar-refractivity contribution in [1.82, 2.24) is 0 Å². The molecular formula is C29H24O16. The minimum atomic E-state index is -2.06. The van der Waals surface area contributed by atoms with E-state index in [0.29, 0.717) is 17.7 Å². The van der Waals surface area contributed by atoms with Crippen LogP contribution in [0.4, 0.5) is 0 Å². The zero-order valence-electron chi connectivity index (χ0n) is 22.6. The van der Waals surface area contributed by atoms with Crippen molar-refractivity contribution in [2.45, 2.75) is 30.7 Å². The summed E-state index contributed by atoms with van der Waals surface area (Å²) in [6.07, 6.45) is -7.22. The van der Waals surface area contributed by atoms with E-state index >= 15 is 0 Å². The second kappa shape index (κ2) is 11.8. The second-order valence-electron chi connectivity index (χ2n) is 9.89. The van der Waals surface area contributed by atoms with Gasteiger partial charge in [0.15, 0.2) is 29.1 Å². The fraction of sp³-hybridized carbons (Fsp3) is 0.207. The molecule has 0 saturated carbocycles. The summed E-state index contributed by atoms with van der Waals surface area (Å²) in [6.45, 7) is -0.862. The molecule has 3 aromatic rings. The Morgan fingerprint density at radius 1 is 0.778 bits per heavy atom. The lowest BCUT2D eigenvalue weighted by Crippen LogP contribution is -2.61. The molecule has 9 N–H and O–H groups in total. The normalized spacial score (nSPS) is 23.1. The molecule has 0 amide bonds. The Morgan fingerprint density at radius 3 is 1.91 bits per heavy atom. The lowest BCUT2D eigenvalue weighted by molar-refractivity contribution is -0.290. The number of ether oxygens (including phenoxy) is 4. The number of hydrogen-bond acceptors (Lipinski definition) is 16. The molecule has 5 rings (SSSR count). The Kier molecular flexibility index (Phi) is 8.03. The maximum Gasteiger partial charge on any atom is 0.339 e. The van der Waals surface area contributed by atoms with E-state index in [9.17, 15) is 60.3 Å². The molecule has 0 unspecified atom stereocenters. The van der Waals surface area contributed by atoms with E-state index in [1.807, 2.05) is 0 Å². The number of phenols is 7. The first-order valence-corrected chi connectivity index (χ1v) is 12.9. The Hall–Kier alpha value is -5.71. The SMILES string of the molecule is O=C(C=Cc1ccc(O)cc1)O[C@@H]1O[C@@H]2COC(=O)c3cc(O)c(O)c(O)c3-c3c(cc(O)c(O)c3O)C(=O)O[C@H]2[C@H](O)[C@H]1O. The van der Waals surface area contributed by atoms with Crippen LogP contribution in [-0.2, 0) is 23.7 Å². The number of carbonyl (C=O) groups is 3. The highest BCUT2D eigenvalue weighted by Gasteiger charge is 2.49. The molecule has 16 nitrogen and oxygen atoms in total. The first-order chi connectivity index (χ1) is 21.3. The number of fused-ring (bicyclic) bond motifs is 4. The van der Waals surface area contributed by atoms with Gasteiger partial charge in [-0.15, -0.1) is 0 Å². The molecule has 0 aromatic heterocycles. The van der Waals surface area contributed by atoms with Crippen molar-refractivity contribution < 1.29 is 79.3 Å². The lowest BCUT2D eigenvalue weighted by atomic mass is 9.92. The third-order valence-corrected chi connectivity index (χ3v) is 7.00. The Labute approximate surface area is 251 Å². The Balaban J connectivity index is 1.52. The minimum Gasteiger partial charge on any atom is -0.508 e. The predicted molar refractivity (Wildman–Crippen MR) is 145 cm³/mol. The molecule has 2 aliphatic rings. The fourth-order valence-electron chi connectivity index (χ4n) is 4.73. The van der Waals surface area contributed by atoms with Crippen LogP contribution in [0.5, 0.6) is 40.2 Å². The number of esters is 3. The third-order valence-electron chi connectivity index (χ3n) is 7.00. The zero-order chi connectivity index (χ0) is 32.7. The van der Waals surface area contributed by atoms with Gasteiger partial charge in [-0.05, 0) is 35.9 Å². The van der Waals surface area contributed by atoms with Crippen LogP contribution in [0, 0.1) is 0 Å². The molecular weight excluding hydrogens is 604 g/mol. The van der Waals surface area contributed by atoms with Crippen molar-refractivity contribution in [2.24, 2.45) is 0 Å². The van der Waals surface area contributed by atoms with Crippen molar-refractivity contribution in [2.75, 3.05) is 6.61 Å². The number of phenolic OH excluding ortho intramolecular Hbond substituents is 7. The lowest BCUT2D eigenvalue weighted by Gasteiger charge is -2.41. The summed E-state index contributed by atoms with van der Waals surface area (Å²) < 4.78 is 21.2. The van der Waals surface area contributed by atoms with Crippen molar-refractivity contribution in [1.29, 1.82) is 0 Å². The van der Waals surface area contributed by atoms with Crippen LogP contribution in [0.2, 0.25) is 0 Å². The first kappa shape index (κ1) is 30.7. The van der Waals surface area contributed by atoms with E-state index in [1.54, 1.807) is 0 Å². The monoisotopic (exact) mass is 628 g/mol. The zero-order valence-corrected chi connectivity index (χ0v) is 22.6. The summed E-state index contributed by atoms with van der Waals surface area (Å²) in [7, 11) is 0. The van der Waals surface area contributed by atoms with Crippen LogP contribution in [0.25, 0.3) is 17.2 Å². The fourth-order valence-corrected chi connectivity index (χ4v) is 4.73. The molecule has 5 atom stereocenters. The van der Waals surface area contributed by atoms with Gasteiger partial charge in [-0.3, -0.25) is 0 Å². The van der Waals surface area contributed by atoms with Crippen LogP contribution >= 0.6 is 0 Å². The molecule has 2 aliphatic heterocycles. The van der Waals surface area contributed by atoms with Gasteiger partial charge in [-0.1, -0.05) is 12.1 Å². The van der Waals surface area contributed by atoms with Crippen LogP contribution in [-0.4, -0.2) is 101 Å². The second-order valence-corrected chi connectivity index (χ2v) is 9.89. The Bertz CT molecular complexity index is 1710. The molecule has 1 fully saturated rings. The average Bonchev–Trinajstić information content (AvgIpc) is 3.02. The number of cyclic esters (lactones) is 1. The maximum absolute atomic E-state index is 13.4. The number of benzene rings is 3. The van der Waals surface area contributed by atoms with Crippen LogP contribution in [0.15, 0.2) is 42.5 Å². The number of hydrogen-bond donors (Lipinski definition) is 9. The van der Waals surface area contributed by atoms with Crippen LogP contribution in [0.1, 0.15) is 26.3 Å². The van der Waals surface area contributed by atoms with Crippen molar-refractivity contribution >= 4 is 24.0 Å². The molecule has 0 spiro atoms. The van der Waals surface area contributed by atoms with Gasteiger partial charge in [0.25, 0.3) is 0 Å². The van der Waals surface area contributed by atoms with Gasteiger partial charge in [0.05, 0.1) is 11.1 Å². The van der Waals surface area contributed by atoms with Gasteiger partial charge >= 0.3 is 17.9 Å². The van der Waals surface area contributed by atoms with Gasteiger partial charge in [0, 0.05) is 17.2 Å². The average molecular weight is 628 g/mol. The molecule has 16 heteroatoms. The minimum absolute atomic E-state index is 0.00900. The van der Waals surface area contributed by atoms with Crippen molar-refractivity contribution in [3.63, 3.8) is 0 Å². The smallest absolute Gasteiger partial charge is 0.339 e. The van der Waals surface area contributed by atoms with Crippen LogP contribution in [0.3, 0.4) is 0 Å². The molecule has 0 aliphatic carbocycles. The highest BCUT2D eigenvalue weighted by atomic mass is 16.7. The molecule has 236 valence electrons. The molecule has 0 radical (unpaired) electrons. The predicted octanol–water partition coefficient (Wildman–Crippen LogP) is 0.692. The summed E-state index contributed by atoms with van der Waals surface area (Å²) in [6, 6.07) is 6.91. The molecule has 1 saturated heterocycles. The molecule has 45 heavy (non-hydrogen) atoms. The first-order valence-electron chi connectivity index (χ1n) is 12.9. The standard InChI is InChI=1S/C29H24O16/c30-11-4-1-10(2-5-11)3-6-17(33)44-29-25(39)24(38)26-16(43-29)9-42-27(40)12-7-14(31)20(34)22(36)18(12)19-13(28(41)45-26)8-15(32)21(35)23(19)37/h1-8,16,24-26,29-32,34-39H,9H2/t16-,24-,25-,26-,29+/m1/s1. The van der Waals surface area contributed by atoms with E-state index < -0.39 is 112 Å². The highest BCUT2D eigenvalue weighted by molar-refractivity contribution is 6.08. The van der Waals surface area contributed by atoms with E-state index in [2.05, 4.69) is 0 Å². The molecule has 2 heterocycles. The van der Waals surface area contributed by atoms with Crippen molar-refractivity contribution in [3.8, 4) is 51.4 Å². The summed E-state index contributed by atoms with van der Waals surface area (Å²) >= 11 is 0. The molecule has 3 aromatic carbocycles. The van der Waals surface area contributed by atoms with Gasteiger partial charge < -0.3 is 64.9 Å². The number of aliphatic hydroxyl groups is 2. The van der Waals surface area contributed by atoms with E-state index in [4.69, 9.17) is 18.9 Å². The third kappa shape index (κ3) is 5.67.